The average molecular weight is 324 g/mol. The van der Waals surface area contributed by atoms with E-state index in [1.165, 1.54) is 19.3 Å². The lowest BCUT2D eigenvalue weighted by molar-refractivity contribution is -0.569. The maximum Gasteiger partial charge on any atom is 0.434 e. The summed E-state index contributed by atoms with van der Waals surface area (Å²) in [7, 11) is -5.17. The van der Waals surface area contributed by atoms with E-state index in [-0.39, 0.29) is 0 Å². The van der Waals surface area contributed by atoms with Gasteiger partial charge in [0, 0.05) is 28.0 Å². The van der Waals surface area contributed by atoms with E-state index in [0.717, 1.165) is 13.1 Å². The van der Waals surface area contributed by atoms with Gasteiger partial charge in [0.2, 0.25) is 0 Å². The molecule has 1 aliphatic heterocycles. The molecule has 0 bridgehead atoms. The average Bonchev–Trinajstić information content (AvgIpc) is 2.18. The molecule has 1 aliphatic rings. The van der Waals surface area contributed by atoms with Crippen LogP contribution in [0.4, 0.5) is 0 Å². The van der Waals surface area contributed by atoms with Crippen LogP contribution in [0.1, 0.15) is 47.0 Å². The number of nitrogens with zero attached hydrogens (tertiary/aromatic N) is 1. The third kappa shape index (κ3) is 8.99. The molecule has 0 unspecified atom stereocenters. The molecule has 6 N–H and O–H groups in total. The van der Waals surface area contributed by atoms with Gasteiger partial charge in [-0.15, -0.1) is 0 Å². The zero-order valence-electron chi connectivity index (χ0n) is 13.3. The summed E-state index contributed by atoms with van der Waals surface area (Å²) in [6.07, 6.45) is 3.88. The van der Waals surface area contributed by atoms with Crippen LogP contribution in [0.15, 0.2) is 0 Å². The molecule has 1 heterocycles. The summed E-state index contributed by atoms with van der Waals surface area (Å²) < 4.78 is 34.1. The molecule has 8 nitrogen and oxygen atoms in total. The standard InChI is InChI=1S/C12H26N4.H2O4S/c1-11(2)6-5-7-12(3,4)16(11)9-8-15-10(13)14;1-5(2,3)4/h5-9H2,1-4H3,(H4,13,14,15);(H2,1,2,3,4). The van der Waals surface area contributed by atoms with Gasteiger partial charge in [0.25, 0.3) is 0 Å². The Morgan fingerprint density at radius 1 is 1.24 bits per heavy atom. The van der Waals surface area contributed by atoms with E-state index in [2.05, 4.69) is 32.6 Å². The monoisotopic (exact) mass is 324 g/mol. The van der Waals surface area contributed by atoms with Crippen molar-refractivity contribution in [1.82, 2.24) is 4.90 Å². The fourth-order valence-corrected chi connectivity index (χ4v) is 3.01. The summed E-state index contributed by atoms with van der Waals surface area (Å²) in [6.45, 7) is 11.3. The molecule has 0 aromatic carbocycles. The van der Waals surface area contributed by atoms with Crippen molar-refractivity contribution in [2.75, 3.05) is 13.1 Å². The van der Waals surface area contributed by atoms with Crippen LogP contribution in [0, 0.1) is 0 Å². The van der Waals surface area contributed by atoms with E-state index in [1.54, 1.807) is 0 Å². The van der Waals surface area contributed by atoms with Gasteiger partial charge >= 0.3 is 5.96 Å². The van der Waals surface area contributed by atoms with E-state index < -0.39 is 10.4 Å². The van der Waals surface area contributed by atoms with Gasteiger partial charge in [-0.1, -0.05) is 0 Å². The Balaban J connectivity index is 0.000000690. The van der Waals surface area contributed by atoms with E-state index in [1.807, 2.05) is 5.32 Å². The summed E-state index contributed by atoms with van der Waals surface area (Å²) >= 11 is 0. The molecular formula is C12H28N4O4S. The van der Waals surface area contributed by atoms with Crippen molar-refractivity contribution >= 4 is 16.4 Å². The van der Waals surface area contributed by atoms with Crippen LogP contribution in [0.3, 0.4) is 0 Å². The molecule has 9 heteroatoms. The molecule has 0 aromatic heterocycles. The zero-order valence-corrected chi connectivity index (χ0v) is 14.1. The first kappa shape index (κ1) is 20.3. The Bertz CT molecular complexity index is 424. The normalized spacial score (nSPS) is 21.2. The molecular weight excluding hydrogens is 296 g/mol. The van der Waals surface area contributed by atoms with Crippen LogP contribution in [0.25, 0.3) is 0 Å². The quantitative estimate of drug-likeness (QED) is 0.223. The summed E-state index contributed by atoms with van der Waals surface area (Å²) in [5.41, 5.74) is 6.04. The topological polar surface area (TPSA) is 152 Å². The van der Waals surface area contributed by atoms with Gasteiger partial charge in [-0.25, -0.2) is 16.5 Å². The molecule has 0 atom stereocenters. The van der Waals surface area contributed by atoms with Crippen molar-refractivity contribution in [3.05, 3.63) is 0 Å². The van der Waals surface area contributed by atoms with Gasteiger partial charge in [0.1, 0.15) is 0 Å². The molecule has 0 saturated carbocycles. The van der Waals surface area contributed by atoms with Gasteiger partial charge in [0.15, 0.2) is 0 Å². The number of hydrogen-bond donors (Lipinski definition) is 3. The van der Waals surface area contributed by atoms with Crippen molar-refractivity contribution in [2.45, 2.75) is 58.0 Å². The molecule has 1 fully saturated rings. The Morgan fingerprint density at radius 2 is 1.62 bits per heavy atom. The molecule has 21 heavy (non-hydrogen) atoms. The van der Waals surface area contributed by atoms with Crippen molar-refractivity contribution in [2.24, 2.45) is 5.73 Å². The van der Waals surface area contributed by atoms with Crippen molar-refractivity contribution < 1.29 is 28.2 Å². The smallest absolute Gasteiger partial charge is 0.434 e. The minimum Gasteiger partial charge on any atom is -0.759 e. The summed E-state index contributed by atoms with van der Waals surface area (Å²) in [5.74, 6) is 0.438. The number of hydrogen-bond acceptors (Lipinski definition) is 5. The number of nitrogens with two attached hydrogens (primary N) is 3. The SMILES string of the molecule is CC1(C)CCCC(C)(C)N1CC[NH2+]C(N)=[NH2+].O=S(=O)([O-])[O-]. The van der Waals surface area contributed by atoms with Gasteiger partial charge in [-0.05, 0) is 47.0 Å². The number of rotatable bonds is 3. The predicted molar refractivity (Wildman–Crippen MR) is 77.1 cm³/mol. The first-order valence-corrected chi connectivity index (χ1v) is 8.24. The Kier molecular flexibility index (Phi) is 7.24. The first-order chi connectivity index (χ1) is 9.26. The Morgan fingerprint density at radius 3 is 1.95 bits per heavy atom. The van der Waals surface area contributed by atoms with Gasteiger partial charge in [0.05, 0.1) is 6.54 Å². The van der Waals surface area contributed by atoms with Crippen LogP contribution in [0.5, 0.6) is 0 Å². The fraction of sp³-hybridized carbons (Fsp3) is 0.917. The highest BCUT2D eigenvalue weighted by atomic mass is 32.3. The van der Waals surface area contributed by atoms with Crippen molar-refractivity contribution in [3.8, 4) is 0 Å². The Hall–Kier alpha value is -0.740. The number of quaternary nitrogens is 1. The zero-order chi connectivity index (χ0) is 16.9. The number of likely N-dealkylation sites (tertiary alicyclic amines) is 1. The second-order valence-electron chi connectivity index (χ2n) is 6.53. The molecule has 126 valence electrons. The highest BCUT2D eigenvalue weighted by molar-refractivity contribution is 7.79. The summed E-state index contributed by atoms with van der Waals surface area (Å²) in [6, 6.07) is 0. The largest absolute Gasteiger partial charge is 0.759 e. The van der Waals surface area contributed by atoms with Gasteiger partial charge in [-0.2, -0.15) is 0 Å². The number of guanidine groups is 1. The van der Waals surface area contributed by atoms with Crippen LogP contribution in [-0.4, -0.2) is 52.6 Å². The summed E-state index contributed by atoms with van der Waals surface area (Å²) in [4.78, 5) is 2.60. The van der Waals surface area contributed by atoms with Gasteiger partial charge < -0.3 is 9.11 Å². The van der Waals surface area contributed by atoms with Crippen molar-refractivity contribution in [1.29, 1.82) is 0 Å². The highest BCUT2D eigenvalue weighted by Crippen LogP contribution is 2.37. The second-order valence-corrected chi connectivity index (χ2v) is 7.35. The molecule has 0 aromatic rings. The van der Waals surface area contributed by atoms with Crippen LogP contribution in [0.2, 0.25) is 0 Å². The second kappa shape index (κ2) is 7.50. The maximum atomic E-state index is 8.52. The lowest BCUT2D eigenvalue weighted by atomic mass is 9.80. The fourth-order valence-electron chi connectivity index (χ4n) is 3.01. The molecule has 0 radical (unpaired) electrons. The Labute approximate surface area is 127 Å². The first-order valence-electron chi connectivity index (χ1n) is 6.91. The van der Waals surface area contributed by atoms with Crippen LogP contribution < -0.4 is 16.5 Å². The number of piperidine rings is 1. The van der Waals surface area contributed by atoms with Crippen LogP contribution in [-0.2, 0) is 10.4 Å². The lowest BCUT2D eigenvalue weighted by Crippen LogP contribution is -2.97. The molecule has 1 saturated heterocycles. The third-order valence-corrected chi connectivity index (χ3v) is 3.77. The van der Waals surface area contributed by atoms with E-state index in [4.69, 9.17) is 28.7 Å². The van der Waals surface area contributed by atoms with Gasteiger partial charge in [-0.3, -0.25) is 13.3 Å². The molecule has 0 amide bonds. The minimum atomic E-state index is -5.17. The van der Waals surface area contributed by atoms with Crippen LogP contribution >= 0.6 is 0 Å². The minimum absolute atomic E-state index is 0.291. The predicted octanol–water partition coefficient (Wildman–Crippen LogP) is -2.67. The van der Waals surface area contributed by atoms with E-state index in [9.17, 15) is 0 Å². The van der Waals surface area contributed by atoms with Crippen molar-refractivity contribution in [3.63, 3.8) is 0 Å². The van der Waals surface area contributed by atoms with E-state index >= 15 is 0 Å². The molecule has 1 rings (SSSR count). The lowest BCUT2D eigenvalue weighted by Gasteiger charge is -2.52. The highest BCUT2D eigenvalue weighted by Gasteiger charge is 2.40. The third-order valence-electron chi connectivity index (χ3n) is 3.77. The molecule has 0 aliphatic carbocycles. The summed E-state index contributed by atoms with van der Waals surface area (Å²) in [5, 5.41) is 7.38. The molecule has 0 spiro atoms. The van der Waals surface area contributed by atoms with E-state index in [0.29, 0.717) is 17.0 Å². The maximum absolute atomic E-state index is 8.52.